The molecule has 2 amide bonds. The van der Waals surface area contributed by atoms with E-state index in [9.17, 15) is 9.59 Å². The fraction of sp³-hybridized carbons (Fsp3) is 0.238. The molecular weight excluding hydrogens is 348 g/mol. The molecule has 26 heavy (non-hydrogen) atoms. The van der Waals surface area contributed by atoms with Crippen molar-refractivity contribution in [3.8, 4) is 0 Å². The average Bonchev–Trinajstić information content (AvgIpc) is 2.64. The molecule has 1 atom stereocenters. The van der Waals surface area contributed by atoms with Crippen LogP contribution in [0.5, 0.6) is 0 Å². The highest BCUT2D eigenvalue weighted by molar-refractivity contribution is 6.33. The summed E-state index contributed by atoms with van der Waals surface area (Å²) in [5.74, 6) is -0.647. The average molecular weight is 371 g/mol. The van der Waals surface area contributed by atoms with Crippen molar-refractivity contribution in [2.75, 3.05) is 11.4 Å². The molecule has 0 spiro atoms. The lowest BCUT2D eigenvalue weighted by molar-refractivity contribution is -0.121. The fourth-order valence-electron chi connectivity index (χ4n) is 2.61. The van der Waals surface area contributed by atoms with Gasteiger partial charge in [0.05, 0.1) is 10.6 Å². The third-order valence-electron chi connectivity index (χ3n) is 3.98. The Morgan fingerprint density at radius 3 is 2.31 bits per heavy atom. The number of para-hydroxylation sites is 1. The van der Waals surface area contributed by atoms with Crippen molar-refractivity contribution in [2.45, 2.75) is 19.9 Å². The van der Waals surface area contributed by atoms with E-state index in [4.69, 9.17) is 11.6 Å². The van der Waals surface area contributed by atoms with Gasteiger partial charge in [-0.05, 0) is 30.2 Å². The molecule has 0 bridgehead atoms. The number of benzene rings is 2. The van der Waals surface area contributed by atoms with E-state index in [0.717, 1.165) is 5.69 Å². The van der Waals surface area contributed by atoms with Crippen LogP contribution in [0.4, 0.5) is 5.69 Å². The van der Waals surface area contributed by atoms with Crippen LogP contribution in [0.1, 0.15) is 24.2 Å². The van der Waals surface area contributed by atoms with E-state index < -0.39 is 6.04 Å². The Hall–Kier alpha value is -2.59. The summed E-state index contributed by atoms with van der Waals surface area (Å²) < 4.78 is 0. The van der Waals surface area contributed by atoms with E-state index >= 15 is 0 Å². The van der Waals surface area contributed by atoms with Crippen LogP contribution in [0.15, 0.2) is 67.3 Å². The van der Waals surface area contributed by atoms with Gasteiger partial charge in [-0.15, -0.1) is 6.58 Å². The molecule has 1 N–H and O–H groups in total. The molecule has 5 heteroatoms. The van der Waals surface area contributed by atoms with Gasteiger partial charge in [-0.2, -0.15) is 0 Å². The first-order valence-electron chi connectivity index (χ1n) is 8.48. The smallest absolute Gasteiger partial charge is 0.253 e. The number of hydrogen-bond donors (Lipinski definition) is 1. The summed E-state index contributed by atoms with van der Waals surface area (Å²) in [6.45, 7) is 7.88. The highest BCUT2D eigenvalue weighted by Gasteiger charge is 2.29. The minimum Gasteiger partial charge on any atom is -0.340 e. The number of carbonyl (C=O) groups excluding carboxylic acids is 2. The number of amides is 2. The predicted molar refractivity (Wildman–Crippen MR) is 107 cm³/mol. The zero-order valence-corrected chi connectivity index (χ0v) is 15.7. The van der Waals surface area contributed by atoms with E-state index in [0.29, 0.717) is 17.1 Å². The van der Waals surface area contributed by atoms with E-state index in [-0.39, 0.29) is 17.7 Å². The van der Waals surface area contributed by atoms with Crippen molar-refractivity contribution in [3.63, 3.8) is 0 Å². The monoisotopic (exact) mass is 370 g/mol. The van der Waals surface area contributed by atoms with Crippen LogP contribution in [-0.2, 0) is 4.79 Å². The van der Waals surface area contributed by atoms with Crippen LogP contribution in [0.3, 0.4) is 0 Å². The maximum atomic E-state index is 13.2. The molecule has 0 heterocycles. The summed E-state index contributed by atoms with van der Waals surface area (Å²) in [5.41, 5.74) is 1.11. The Bertz CT molecular complexity index is 775. The zero-order chi connectivity index (χ0) is 19.1. The maximum Gasteiger partial charge on any atom is 0.253 e. The number of rotatable bonds is 7. The number of hydrogen-bond acceptors (Lipinski definition) is 2. The highest BCUT2D eigenvalue weighted by atomic mass is 35.5. The number of nitrogens with one attached hydrogen (secondary N) is 1. The Morgan fingerprint density at radius 1 is 1.12 bits per heavy atom. The Labute approximate surface area is 159 Å². The van der Waals surface area contributed by atoms with Gasteiger partial charge in [0.2, 0.25) is 5.91 Å². The van der Waals surface area contributed by atoms with Crippen molar-refractivity contribution < 1.29 is 9.59 Å². The van der Waals surface area contributed by atoms with Gasteiger partial charge in [-0.25, -0.2) is 0 Å². The lowest BCUT2D eigenvalue weighted by atomic mass is 10.0. The molecule has 2 aromatic rings. The summed E-state index contributed by atoms with van der Waals surface area (Å²) in [6.07, 6.45) is 1.66. The van der Waals surface area contributed by atoms with Gasteiger partial charge in [-0.1, -0.05) is 61.9 Å². The SMILES string of the molecule is C=CCN(C(=O)C(NC(=O)c1ccccc1Cl)C(C)C)c1ccccc1. The molecule has 0 aromatic heterocycles. The molecule has 0 saturated carbocycles. The van der Waals surface area contributed by atoms with Gasteiger partial charge < -0.3 is 10.2 Å². The molecular formula is C21H23ClN2O2. The molecule has 1 unspecified atom stereocenters. The molecule has 0 fully saturated rings. The fourth-order valence-corrected chi connectivity index (χ4v) is 2.83. The first kappa shape index (κ1) is 19.7. The highest BCUT2D eigenvalue weighted by Crippen LogP contribution is 2.19. The zero-order valence-electron chi connectivity index (χ0n) is 15.0. The largest absolute Gasteiger partial charge is 0.340 e. The summed E-state index contributed by atoms with van der Waals surface area (Å²) in [5, 5.41) is 3.19. The molecule has 4 nitrogen and oxygen atoms in total. The standard InChI is InChI=1S/C21H23ClN2O2/c1-4-14-24(16-10-6-5-7-11-16)21(26)19(15(2)3)23-20(25)17-12-8-9-13-18(17)22/h4-13,15,19H,1,14H2,2-3H3,(H,23,25). The van der Waals surface area contributed by atoms with Crippen molar-refractivity contribution in [1.82, 2.24) is 5.32 Å². The lowest BCUT2D eigenvalue weighted by Gasteiger charge is -2.29. The quantitative estimate of drug-likeness (QED) is 0.738. The number of halogens is 1. The van der Waals surface area contributed by atoms with Gasteiger partial charge in [0, 0.05) is 12.2 Å². The van der Waals surface area contributed by atoms with Gasteiger partial charge in [0.15, 0.2) is 0 Å². The minimum absolute atomic E-state index is 0.0926. The third-order valence-corrected chi connectivity index (χ3v) is 4.31. The number of anilines is 1. The van der Waals surface area contributed by atoms with Crippen LogP contribution < -0.4 is 10.2 Å². The second-order valence-corrected chi connectivity index (χ2v) is 6.66. The van der Waals surface area contributed by atoms with Crippen molar-refractivity contribution in [1.29, 1.82) is 0 Å². The van der Waals surface area contributed by atoms with Crippen molar-refractivity contribution in [2.24, 2.45) is 5.92 Å². The molecule has 0 aliphatic carbocycles. The van der Waals surface area contributed by atoms with Gasteiger partial charge in [0.1, 0.15) is 6.04 Å². The topological polar surface area (TPSA) is 49.4 Å². The number of nitrogens with zero attached hydrogens (tertiary/aromatic N) is 1. The molecule has 136 valence electrons. The Kier molecular flexibility index (Phi) is 6.98. The van der Waals surface area contributed by atoms with E-state index in [2.05, 4.69) is 11.9 Å². The van der Waals surface area contributed by atoms with Crippen molar-refractivity contribution >= 4 is 29.1 Å². The van der Waals surface area contributed by atoms with Crippen LogP contribution in [0.25, 0.3) is 0 Å². The summed E-state index contributed by atoms with van der Waals surface area (Å²) in [6, 6.07) is 15.4. The molecule has 0 aliphatic rings. The van der Waals surface area contributed by atoms with E-state index in [1.54, 1.807) is 35.2 Å². The lowest BCUT2D eigenvalue weighted by Crippen LogP contribution is -2.51. The molecule has 2 rings (SSSR count). The summed E-state index contributed by atoms with van der Waals surface area (Å²) in [4.78, 5) is 27.4. The third kappa shape index (κ3) is 4.73. The van der Waals surface area contributed by atoms with Crippen LogP contribution in [0, 0.1) is 5.92 Å². The second-order valence-electron chi connectivity index (χ2n) is 6.25. The number of carbonyl (C=O) groups is 2. The van der Waals surface area contributed by atoms with Crippen LogP contribution in [-0.4, -0.2) is 24.4 Å². The molecule has 0 saturated heterocycles. The van der Waals surface area contributed by atoms with Gasteiger partial charge in [0.25, 0.3) is 5.91 Å². The van der Waals surface area contributed by atoms with Crippen LogP contribution in [0.2, 0.25) is 5.02 Å². The van der Waals surface area contributed by atoms with E-state index in [1.807, 2.05) is 44.2 Å². The predicted octanol–water partition coefficient (Wildman–Crippen LogP) is 4.31. The Morgan fingerprint density at radius 2 is 1.73 bits per heavy atom. The summed E-state index contributed by atoms with van der Waals surface area (Å²) >= 11 is 6.10. The van der Waals surface area contributed by atoms with Gasteiger partial charge in [-0.3, -0.25) is 9.59 Å². The second kappa shape index (κ2) is 9.20. The first-order valence-corrected chi connectivity index (χ1v) is 8.86. The molecule has 0 aliphatic heterocycles. The molecule has 2 aromatic carbocycles. The summed E-state index contributed by atoms with van der Waals surface area (Å²) in [7, 11) is 0. The maximum absolute atomic E-state index is 13.2. The minimum atomic E-state index is -0.682. The van der Waals surface area contributed by atoms with Crippen molar-refractivity contribution in [3.05, 3.63) is 77.8 Å². The first-order chi connectivity index (χ1) is 12.5. The molecule has 0 radical (unpaired) electrons. The van der Waals surface area contributed by atoms with E-state index in [1.165, 1.54) is 0 Å². The normalized spacial score (nSPS) is 11.7. The Balaban J connectivity index is 2.27. The van der Waals surface area contributed by atoms with Gasteiger partial charge >= 0.3 is 0 Å². The van der Waals surface area contributed by atoms with Crippen LogP contribution >= 0.6 is 11.6 Å².